The van der Waals surface area contributed by atoms with Crippen molar-refractivity contribution >= 4 is 23.1 Å². The van der Waals surface area contributed by atoms with E-state index in [0.717, 1.165) is 16.0 Å². The first-order chi connectivity index (χ1) is 8.99. The van der Waals surface area contributed by atoms with Crippen molar-refractivity contribution in [3.05, 3.63) is 57.6 Å². The van der Waals surface area contributed by atoms with Gasteiger partial charge in [0.25, 0.3) is 5.69 Å². The zero-order valence-electron chi connectivity index (χ0n) is 10.7. The minimum absolute atomic E-state index is 0.102. The Morgan fingerprint density at radius 2 is 1.74 bits per heavy atom. The van der Waals surface area contributed by atoms with Crippen LogP contribution >= 0.6 is 11.8 Å². The normalized spacial score (nSPS) is 10.4. The van der Waals surface area contributed by atoms with Crippen LogP contribution < -0.4 is 5.73 Å². The summed E-state index contributed by atoms with van der Waals surface area (Å²) >= 11 is 1.33. The van der Waals surface area contributed by atoms with Gasteiger partial charge in [-0.25, -0.2) is 0 Å². The molecule has 0 aliphatic carbocycles. The fraction of sp³-hybridized carbons (Fsp3) is 0.143. The molecular weight excluding hydrogens is 260 g/mol. The van der Waals surface area contributed by atoms with Gasteiger partial charge in [0.15, 0.2) is 0 Å². The number of nitrogens with two attached hydrogens (primary N) is 1. The van der Waals surface area contributed by atoms with Gasteiger partial charge in [-0.3, -0.25) is 10.1 Å². The molecule has 0 saturated heterocycles. The fourth-order valence-corrected chi connectivity index (χ4v) is 2.76. The molecule has 0 radical (unpaired) electrons. The third-order valence-corrected chi connectivity index (χ3v) is 4.05. The zero-order valence-corrected chi connectivity index (χ0v) is 11.5. The number of benzene rings is 2. The summed E-state index contributed by atoms with van der Waals surface area (Å²) in [6.07, 6.45) is 0. The van der Waals surface area contributed by atoms with Crippen molar-refractivity contribution in [3.8, 4) is 0 Å². The van der Waals surface area contributed by atoms with E-state index in [4.69, 9.17) is 5.73 Å². The van der Waals surface area contributed by atoms with Gasteiger partial charge in [-0.15, -0.1) is 0 Å². The van der Waals surface area contributed by atoms with Gasteiger partial charge in [0, 0.05) is 16.6 Å². The summed E-state index contributed by atoms with van der Waals surface area (Å²) in [6.45, 7) is 3.99. The highest BCUT2D eigenvalue weighted by Gasteiger charge is 2.15. The molecule has 0 unspecified atom stereocenters. The number of nitrogen functional groups attached to an aromatic ring is 1. The number of aryl methyl sites for hydroxylation is 2. The zero-order chi connectivity index (χ0) is 14.0. The lowest BCUT2D eigenvalue weighted by Crippen LogP contribution is -1.94. The molecule has 2 aromatic rings. The van der Waals surface area contributed by atoms with Crippen molar-refractivity contribution in [2.75, 3.05) is 5.73 Å². The molecule has 0 bridgehead atoms. The highest BCUT2D eigenvalue weighted by atomic mass is 32.2. The Morgan fingerprint density at radius 1 is 1.11 bits per heavy atom. The summed E-state index contributed by atoms with van der Waals surface area (Å²) in [5.74, 6) is 0. The van der Waals surface area contributed by atoms with E-state index in [-0.39, 0.29) is 10.6 Å². The molecule has 0 heterocycles. The predicted molar refractivity (Wildman–Crippen MR) is 77.5 cm³/mol. The topological polar surface area (TPSA) is 69.2 Å². The van der Waals surface area contributed by atoms with Crippen molar-refractivity contribution in [2.24, 2.45) is 0 Å². The molecule has 0 saturated carbocycles. The Hall–Kier alpha value is -2.01. The van der Waals surface area contributed by atoms with Crippen LogP contribution in [0.15, 0.2) is 46.2 Å². The third kappa shape index (κ3) is 2.88. The first-order valence-electron chi connectivity index (χ1n) is 5.77. The molecular formula is C14H14N2O2S. The molecule has 0 aliphatic rings. The summed E-state index contributed by atoms with van der Waals surface area (Å²) in [5.41, 5.74) is 8.96. The van der Waals surface area contributed by atoms with Crippen molar-refractivity contribution in [1.29, 1.82) is 0 Å². The number of hydrogen-bond acceptors (Lipinski definition) is 4. The second-order valence-electron chi connectivity index (χ2n) is 4.30. The average Bonchev–Trinajstić information content (AvgIpc) is 2.36. The van der Waals surface area contributed by atoms with Gasteiger partial charge in [-0.1, -0.05) is 23.9 Å². The van der Waals surface area contributed by atoms with Gasteiger partial charge in [0.05, 0.1) is 9.82 Å². The molecule has 19 heavy (non-hydrogen) atoms. The molecule has 0 atom stereocenters. The molecule has 2 rings (SSSR count). The lowest BCUT2D eigenvalue weighted by atomic mass is 10.1. The Labute approximate surface area is 115 Å². The first kappa shape index (κ1) is 13.4. The largest absolute Gasteiger partial charge is 0.398 e. The fourth-order valence-electron chi connectivity index (χ4n) is 1.71. The average molecular weight is 274 g/mol. The number of nitro benzene ring substituents is 1. The van der Waals surface area contributed by atoms with Gasteiger partial charge in [0.2, 0.25) is 0 Å². The van der Waals surface area contributed by atoms with E-state index in [1.807, 2.05) is 26.0 Å². The van der Waals surface area contributed by atoms with Gasteiger partial charge in [0.1, 0.15) is 0 Å². The molecule has 98 valence electrons. The molecule has 0 aliphatic heterocycles. The van der Waals surface area contributed by atoms with Crippen LogP contribution in [-0.4, -0.2) is 4.92 Å². The van der Waals surface area contributed by atoms with Crippen LogP contribution in [0.25, 0.3) is 0 Å². The Morgan fingerprint density at radius 3 is 2.42 bits per heavy atom. The van der Waals surface area contributed by atoms with E-state index in [9.17, 15) is 10.1 Å². The van der Waals surface area contributed by atoms with Crippen LogP contribution in [0.5, 0.6) is 0 Å². The Bertz CT molecular complexity index is 641. The number of anilines is 1. The van der Waals surface area contributed by atoms with E-state index in [1.165, 1.54) is 17.8 Å². The smallest absolute Gasteiger partial charge is 0.283 e. The summed E-state index contributed by atoms with van der Waals surface area (Å²) in [4.78, 5) is 12.0. The molecule has 0 amide bonds. The van der Waals surface area contributed by atoms with Crippen LogP contribution in [0.4, 0.5) is 11.4 Å². The number of hydrogen-bond donors (Lipinski definition) is 1. The van der Waals surface area contributed by atoms with Crippen LogP contribution in [0.3, 0.4) is 0 Å². The quantitative estimate of drug-likeness (QED) is 0.523. The van der Waals surface area contributed by atoms with E-state index in [0.29, 0.717) is 10.6 Å². The summed E-state index contributed by atoms with van der Waals surface area (Å²) in [7, 11) is 0. The minimum Gasteiger partial charge on any atom is -0.398 e. The molecule has 5 heteroatoms. The molecule has 2 aromatic carbocycles. The SMILES string of the molecule is Cc1cc(N)c(Sc2ccccc2[N+](=O)[O-])cc1C. The van der Waals surface area contributed by atoms with Gasteiger partial charge in [-0.2, -0.15) is 0 Å². The second kappa shape index (κ2) is 5.32. The van der Waals surface area contributed by atoms with E-state index in [1.54, 1.807) is 18.2 Å². The summed E-state index contributed by atoms with van der Waals surface area (Å²) < 4.78 is 0. The Kier molecular flexibility index (Phi) is 3.76. The summed E-state index contributed by atoms with van der Waals surface area (Å²) in [5, 5.41) is 11.0. The van der Waals surface area contributed by atoms with Crippen LogP contribution in [0.2, 0.25) is 0 Å². The molecule has 4 nitrogen and oxygen atoms in total. The molecule has 0 aromatic heterocycles. The van der Waals surface area contributed by atoms with Crippen LogP contribution in [0, 0.1) is 24.0 Å². The van der Waals surface area contributed by atoms with E-state index in [2.05, 4.69) is 0 Å². The molecule has 0 spiro atoms. The Balaban J connectivity index is 2.42. The highest BCUT2D eigenvalue weighted by Crippen LogP contribution is 2.38. The number of nitrogens with zero attached hydrogens (tertiary/aromatic N) is 1. The molecule has 0 fully saturated rings. The highest BCUT2D eigenvalue weighted by molar-refractivity contribution is 7.99. The van der Waals surface area contributed by atoms with Crippen molar-refractivity contribution in [3.63, 3.8) is 0 Å². The number of rotatable bonds is 3. The second-order valence-corrected chi connectivity index (χ2v) is 5.38. The summed E-state index contributed by atoms with van der Waals surface area (Å²) in [6, 6.07) is 10.5. The number of para-hydroxylation sites is 1. The van der Waals surface area contributed by atoms with Crippen LogP contribution in [-0.2, 0) is 0 Å². The standard InChI is InChI=1S/C14H14N2O2S/c1-9-7-11(15)14(8-10(9)2)19-13-6-4-3-5-12(13)16(17)18/h3-8H,15H2,1-2H3. The van der Waals surface area contributed by atoms with Crippen LogP contribution in [0.1, 0.15) is 11.1 Å². The maximum absolute atomic E-state index is 11.0. The first-order valence-corrected chi connectivity index (χ1v) is 6.58. The van der Waals surface area contributed by atoms with E-state index < -0.39 is 0 Å². The van der Waals surface area contributed by atoms with E-state index >= 15 is 0 Å². The van der Waals surface area contributed by atoms with Crippen molar-refractivity contribution in [1.82, 2.24) is 0 Å². The monoisotopic (exact) mass is 274 g/mol. The van der Waals surface area contributed by atoms with Crippen molar-refractivity contribution in [2.45, 2.75) is 23.6 Å². The third-order valence-electron chi connectivity index (χ3n) is 2.91. The minimum atomic E-state index is -0.375. The maximum Gasteiger partial charge on any atom is 0.283 e. The maximum atomic E-state index is 11.0. The lowest BCUT2D eigenvalue weighted by molar-refractivity contribution is -0.387. The predicted octanol–water partition coefficient (Wildman–Crippen LogP) is 3.95. The molecule has 2 N–H and O–H groups in total. The number of nitro groups is 1. The van der Waals surface area contributed by atoms with Gasteiger partial charge >= 0.3 is 0 Å². The lowest BCUT2D eigenvalue weighted by Gasteiger charge is -2.09. The van der Waals surface area contributed by atoms with Gasteiger partial charge < -0.3 is 5.73 Å². The van der Waals surface area contributed by atoms with Gasteiger partial charge in [-0.05, 0) is 43.2 Å². The van der Waals surface area contributed by atoms with Crippen molar-refractivity contribution < 1.29 is 4.92 Å².